The first-order chi connectivity index (χ1) is 26.0. The minimum absolute atomic E-state index is 0.0183. The van der Waals surface area contributed by atoms with Gasteiger partial charge in [-0.3, -0.25) is 9.59 Å². The number of aromatic nitrogens is 1. The summed E-state index contributed by atoms with van der Waals surface area (Å²) in [5, 5.41) is -0.250. The fraction of sp³-hybridized carbons (Fsp3) is 0.438. The molecule has 43 heavy (non-hydrogen) atoms. The molecule has 1 fully saturated rings. The quantitative estimate of drug-likeness (QED) is 0.461. The maximum absolute atomic E-state index is 14.2. The van der Waals surface area contributed by atoms with E-state index >= 15 is 0 Å². The highest BCUT2D eigenvalue weighted by Crippen LogP contribution is 2.47. The van der Waals surface area contributed by atoms with Crippen LogP contribution in [0.1, 0.15) is 78.4 Å². The minimum Gasteiger partial charge on any atom is -0.497 e. The van der Waals surface area contributed by atoms with Crippen LogP contribution in [0.3, 0.4) is 0 Å². The van der Waals surface area contributed by atoms with Gasteiger partial charge >= 0.3 is 10.2 Å². The number of rotatable bonds is 2. The van der Waals surface area contributed by atoms with Crippen molar-refractivity contribution in [1.82, 2.24) is 18.5 Å². The highest BCUT2D eigenvalue weighted by molar-refractivity contribution is 7.87. The van der Waals surface area contributed by atoms with Gasteiger partial charge in [-0.15, -0.1) is 0 Å². The molecule has 6 rings (SSSR count). The number of ether oxygens (including phenoxy) is 2. The van der Waals surface area contributed by atoms with Gasteiger partial charge in [0.05, 0.1) is 36.6 Å². The Hall–Kier alpha value is -3.67. The van der Waals surface area contributed by atoms with Gasteiger partial charge in [0.15, 0.2) is 0 Å². The van der Waals surface area contributed by atoms with Gasteiger partial charge in [-0.05, 0) is 66.2 Å². The number of hydrogen-bond acceptors (Lipinski definition) is 6. The van der Waals surface area contributed by atoms with Gasteiger partial charge in [0.1, 0.15) is 5.75 Å². The average Bonchev–Trinajstić information content (AvgIpc) is 3.31. The lowest BCUT2D eigenvalue weighted by atomic mass is 9.81. The third kappa shape index (κ3) is 5.57. The van der Waals surface area contributed by atoms with Crippen LogP contribution in [0.4, 0.5) is 0 Å². The van der Waals surface area contributed by atoms with Crippen LogP contribution in [0.2, 0.25) is 0 Å². The summed E-state index contributed by atoms with van der Waals surface area (Å²) in [7, 11) is -4.76. The number of carbonyl (C=O) groups is 2. The molecular weight excluding hydrogens is 568 g/mol. The number of hydrogen-bond donors (Lipinski definition) is 1. The SMILES string of the molecule is [2H]C([2H])([2H])Oc1ccc2c(c1)C=C1Cn3c-2c(C2([2H])C([2H])([2H])C([2H])([2H])C([2H])([2H])C([2H])([2H])C2([2H])[2H])c2ccc(cc23)C(=O)NS(=O)(=O)N(C)CCOCCN(C)C1=O. The number of nitrogens with one attached hydrogen (secondary N) is 1. The fourth-order valence-corrected chi connectivity index (χ4v) is 6.08. The summed E-state index contributed by atoms with van der Waals surface area (Å²) in [6, 6.07) is 7.03. The summed E-state index contributed by atoms with van der Waals surface area (Å²) in [5.74, 6) is -5.68. The van der Waals surface area contributed by atoms with Crippen LogP contribution in [-0.4, -0.2) is 81.4 Å². The van der Waals surface area contributed by atoms with Crippen LogP contribution < -0.4 is 9.46 Å². The molecule has 2 amide bonds. The van der Waals surface area contributed by atoms with Crippen molar-refractivity contribution in [3.8, 4) is 17.0 Å². The summed E-state index contributed by atoms with van der Waals surface area (Å²) in [6.45, 7) is -0.848. The average molecular weight is 621 g/mol. The molecule has 1 saturated carbocycles. The van der Waals surface area contributed by atoms with Crippen molar-refractivity contribution < 1.29 is 46.7 Å². The second-order valence-corrected chi connectivity index (χ2v) is 11.9. The molecule has 0 saturated heterocycles. The van der Waals surface area contributed by atoms with E-state index in [0.29, 0.717) is 0 Å². The molecule has 0 radical (unpaired) electrons. The predicted octanol–water partition coefficient (Wildman–Crippen LogP) is 4.16. The van der Waals surface area contributed by atoms with Crippen LogP contribution in [0, 0.1) is 0 Å². The molecule has 3 aromatic rings. The zero-order valence-corrected chi connectivity index (χ0v) is 24.1. The van der Waals surface area contributed by atoms with Gasteiger partial charge in [-0.1, -0.05) is 25.2 Å². The van der Waals surface area contributed by atoms with Gasteiger partial charge in [-0.2, -0.15) is 12.7 Å². The van der Waals surface area contributed by atoms with Crippen molar-refractivity contribution in [2.24, 2.45) is 0 Å². The molecular formula is C32H38N4O6S. The van der Waals surface area contributed by atoms with Crippen molar-refractivity contribution in [3.63, 3.8) is 0 Å². The molecule has 228 valence electrons. The zero-order chi connectivity index (χ0) is 42.7. The second-order valence-electron chi connectivity index (χ2n) is 10.2. The highest BCUT2D eigenvalue weighted by Gasteiger charge is 2.31. The van der Waals surface area contributed by atoms with E-state index in [2.05, 4.69) is 0 Å². The summed E-state index contributed by atoms with van der Waals surface area (Å²) in [4.78, 5) is 29.1. The maximum atomic E-state index is 14.2. The Labute approximate surface area is 272 Å². The summed E-state index contributed by atoms with van der Waals surface area (Å²) in [6.07, 6.45) is -18.1. The van der Waals surface area contributed by atoms with Gasteiger partial charge in [0.25, 0.3) is 11.8 Å². The monoisotopic (exact) mass is 620 g/mol. The largest absolute Gasteiger partial charge is 0.497 e. The standard InChI is InChI=1S/C32H38N4O6S/c1-34-13-15-42-16-14-35(2)43(39,40)33-31(37)22-9-11-27-28(19-22)36-20-24(32(34)38)17-23-18-25(41-3)10-12-26(23)30(36)29(27)21-7-5-4-6-8-21/h9-12,17-19,21H,4-8,13-16,20H2,1-3H3,(H,33,37)/i3D3,4D2,5D2,6D2,7D2,8D2,21D. The van der Waals surface area contributed by atoms with E-state index in [0.717, 1.165) is 22.5 Å². The van der Waals surface area contributed by atoms with E-state index in [4.69, 9.17) is 27.3 Å². The second kappa shape index (κ2) is 11.8. The molecule has 3 heterocycles. The van der Waals surface area contributed by atoms with E-state index in [1.165, 1.54) is 47.8 Å². The Balaban J connectivity index is 1.78. The molecule has 1 N–H and O–H groups in total. The lowest BCUT2D eigenvalue weighted by Gasteiger charge is -2.24. The molecule has 1 aromatic heterocycles. The Morgan fingerprint density at radius 2 is 1.86 bits per heavy atom. The van der Waals surface area contributed by atoms with E-state index in [1.54, 1.807) is 0 Å². The van der Waals surface area contributed by atoms with Gasteiger partial charge in [0.2, 0.25) is 0 Å². The van der Waals surface area contributed by atoms with Crippen LogP contribution in [0.25, 0.3) is 28.2 Å². The van der Waals surface area contributed by atoms with Crippen molar-refractivity contribution in [2.75, 3.05) is 47.4 Å². The number of likely N-dealkylation sites (N-methyl/N-ethyl adjacent to an activating group) is 2. The lowest BCUT2D eigenvalue weighted by Crippen LogP contribution is -2.42. The molecule has 4 bridgehead atoms. The Bertz CT molecular complexity index is 2300. The Kier molecular flexibility index (Phi) is 4.65. The molecule has 11 heteroatoms. The van der Waals surface area contributed by atoms with E-state index in [9.17, 15) is 19.4 Å². The Morgan fingerprint density at radius 1 is 1.07 bits per heavy atom. The van der Waals surface area contributed by atoms with Gasteiger partial charge < -0.3 is 18.9 Å². The number of methoxy groups -OCH3 is 1. The molecule has 1 aliphatic carbocycles. The normalized spacial score (nSPS) is 32.1. The molecule has 2 aliphatic heterocycles. The van der Waals surface area contributed by atoms with Crippen LogP contribution in [0.5, 0.6) is 5.75 Å². The molecule has 2 aromatic carbocycles. The van der Waals surface area contributed by atoms with Crippen molar-refractivity contribution >= 4 is 39.0 Å². The topological polar surface area (TPSA) is 110 Å². The third-order valence-electron chi connectivity index (χ3n) is 7.51. The lowest BCUT2D eigenvalue weighted by molar-refractivity contribution is -0.126. The van der Waals surface area contributed by atoms with Crippen molar-refractivity contribution in [3.05, 3.63) is 58.7 Å². The van der Waals surface area contributed by atoms with E-state index in [1.807, 2.05) is 4.72 Å². The summed E-state index contributed by atoms with van der Waals surface area (Å²) < 4.78 is 162. The molecule has 0 spiro atoms. The number of carbonyl (C=O) groups excluding carboxylic acids is 2. The maximum Gasteiger partial charge on any atom is 0.303 e. The fourth-order valence-electron chi connectivity index (χ4n) is 5.25. The number of nitrogens with zero attached hydrogens (tertiary/aromatic N) is 3. The zero-order valence-electron chi connectivity index (χ0n) is 37.3. The van der Waals surface area contributed by atoms with Crippen molar-refractivity contribution in [1.29, 1.82) is 0 Å². The minimum atomic E-state index is -4.46. The molecule has 0 atom stereocenters. The highest BCUT2D eigenvalue weighted by atomic mass is 32.2. The predicted molar refractivity (Wildman–Crippen MR) is 165 cm³/mol. The van der Waals surface area contributed by atoms with Crippen LogP contribution in [-0.2, 0) is 26.3 Å². The van der Waals surface area contributed by atoms with Crippen LogP contribution in [0.15, 0.2) is 42.0 Å². The third-order valence-corrected chi connectivity index (χ3v) is 8.95. The number of benzene rings is 2. The van der Waals surface area contributed by atoms with Gasteiger partial charge in [0, 0.05) is 69.9 Å². The first-order valence-corrected chi connectivity index (χ1v) is 14.7. The Morgan fingerprint density at radius 3 is 2.65 bits per heavy atom. The van der Waals surface area contributed by atoms with Gasteiger partial charge in [-0.25, -0.2) is 4.72 Å². The van der Waals surface area contributed by atoms with E-state index < -0.39 is 78.9 Å². The molecule has 0 unspecified atom stereocenters. The summed E-state index contributed by atoms with van der Waals surface area (Å²) in [5.41, 5.74) is -1.45. The first-order valence-electron chi connectivity index (χ1n) is 20.3. The molecule has 3 aliphatic rings. The first kappa shape index (κ1) is 17.0. The molecule has 10 nitrogen and oxygen atoms in total. The smallest absolute Gasteiger partial charge is 0.303 e. The van der Waals surface area contributed by atoms with E-state index in [-0.39, 0.29) is 70.9 Å². The summed E-state index contributed by atoms with van der Waals surface area (Å²) >= 11 is 0. The van der Waals surface area contributed by atoms with Crippen LogP contribution >= 0.6 is 0 Å². The number of amides is 2. The van der Waals surface area contributed by atoms with Crippen molar-refractivity contribution in [2.45, 2.75) is 44.3 Å². The number of fused-ring (bicyclic) bond motifs is 4.